The Morgan fingerprint density at radius 1 is 1.21 bits per heavy atom. The molecule has 0 radical (unpaired) electrons. The standard InChI is InChI=1S/C15H18N2O2/c1-3-19-15-10-17-14(8-12(15)9-16)11-4-6-13(18-2)7-5-11/h4-8,10H,3,9,16H2,1-2H3. The fraction of sp³-hybridized carbons (Fsp3) is 0.267. The first-order valence-electron chi connectivity index (χ1n) is 6.24. The molecule has 0 amide bonds. The van der Waals surface area contributed by atoms with Gasteiger partial charge in [-0.3, -0.25) is 4.98 Å². The molecule has 0 saturated heterocycles. The van der Waals surface area contributed by atoms with Crippen molar-refractivity contribution in [1.29, 1.82) is 0 Å². The fourth-order valence-electron chi connectivity index (χ4n) is 1.85. The number of benzene rings is 1. The third-order valence-corrected chi connectivity index (χ3v) is 2.85. The van der Waals surface area contributed by atoms with E-state index in [2.05, 4.69) is 4.98 Å². The topological polar surface area (TPSA) is 57.4 Å². The van der Waals surface area contributed by atoms with Crippen molar-refractivity contribution in [1.82, 2.24) is 4.98 Å². The molecular formula is C15H18N2O2. The Morgan fingerprint density at radius 3 is 2.53 bits per heavy atom. The number of rotatable bonds is 5. The lowest BCUT2D eigenvalue weighted by Gasteiger charge is -2.10. The van der Waals surface area contributed by atoms with Crippen LogP contribution in [0.15, 0.2) is 36.5 Å². The predicted molar refractivity (Wildman–Crippen MR) is 75.3 cm³/mol. The summed E-state index contributed by atoms with van der Waals surface area (Å²) in [5, 5.41) is 0. The van der Waals surface area contributed by atoms with Gasteiger partial charge < -0.3 is 15.2 Å². The highest BCUT2D eigenvalue weighted by Crippen LogP contribution is 2.25. The largest absolute Gasteiger partial charge is 0.497 e. The second-order valence-electron chi connectivity index (χ2n) is 4.04. The van der Waals surface area contributed by atoms with Gasteiger partial charge in [-0.25, -0.2) is 0 Å². The molecule has 0 unspecified atom stereocenters. The molecule has 4 heteroatoms. The van der Waals surface area contributed by atoms with E-state index in [1.54, 1.807) is 13.3 Å². The normalized spacial score (nSPS) is 10.3. The lowest BCUT2D eigenvalue weighted by Crippen LogP contribution is -2.03. The van der Waals surface area contributed by atoms with E-state index in [0.717, 1.165) is 28.3 Å². The van der Waals surface area contributed by atoms with E-state index < -0.39 is 0 Å². The second kappa shape index (κ2) is 6.20. The van der Waals surface area contributed by atoms with Gasteiger partial charge in [-0.2, -0.15) is 0 Å². The molecule has 19 heavy (non-hydrogen) atoms. The number of methoxy groups -OCH3 is 1. The monoisotopic (exact) mass is 258 g/mol. The number of hydrogen-bond donors (Lipinski definition) is 1. The van der Waals surface area contributed by atoms with Gasteiger partial charge >= 0.3 is 0 Å². The summed E-state index contributed by atoms with van der Waals surface area (Å²) in [6.07, 6.45) is 1.73. The van der Waals surface area contributed by atoms with Crippen molar-refractivity contribution < 1.29 is 9.47 Å². The third-order valence-electron chi connectivity index (χ3n) is 2.85. The van der Waals surface area contributed by atoms with E-state index in [4.69, 9.17) is 15.2 Å². The van der Waals surface area contributed by atoms with Crippen molar-refractivity contribution in [3.8, 4) is 22.8 Å². The van der Waals surface area contributed by atoms with Crippen molar-refractivity contribution in [2.24, 2.45) is 5.73 Å². The molecule has 1 aromatic heterocycles. The maximum atomic E-state index is 5.75. The van der Waals surface area contributed by atoms with E-state index in [9.17, 15) is 0 Å². The Bertz CT molecular complexity index is 538. The van der Waals surface area contributed by atoms with Crippen molar-refractivity contribution in [3.05, 3.63) is 42.1 Å². The van der Waals surface area contributed by atoms with Crippen LogP contribution in [0.5, 0.6) is 11.5 Å². The van der Waals surface area contributed by atoms with Crippen LogP contribution < -0.4 is 15.2 Å². The Balaban J connectivity index is 2.33. The molecule has 0 aliphatic rings. The maximum Gasteiger partial charge on any atom is 0.142 e. The summed E-state index contributed by atoms with van der Waals surface area (Å²) in [6, 6.07) is 9.74. The highest BCUT2D eigenvalue weighted by molar-refractivity contribution is 5.61. The Morgan fingerprint density at radius 2 is 1.95 bits per heavy atom. The molecule has 2 aromatic rings. The van der Waals surface area contributed by atoms with Crippen LogP contribution in [0.25, 0.3) is 11.3 Å². The summed E-state index contributed by atoms with van der Waals surface area (Å²) in [5.41, 5.74) is 8.61. The summed E-state index contributed by atoms with van der Waals surface area (Å²) >= 11 is 0. The molecule has 0 aliphatic carbocycles. The molecule has 2 N–H and O–H groups in total. The summed E-state index contributed by atoms with van der Waals surface area (Å²) < 4.78 is 10.6. The molecule has 0 fully saturated rings. The van der Waals surface area contributed by atoms with Crippen LogP contribution >= 0.6 is 0 Å². The van der Waals surface area contributed by atoms with Gasteiger partial charge in [0, 0.05) is 17.7 Å². The van der Waals surface area contributed by atoms with E-state index in [0.29, 0.717) is 13.2 Å². The van der Waals surface area contributed by atoms with Gasteiger partial charge in [0.15, 0.2) is 0 Å². The minimum atomic E-state index is 0.432. The van der Waals surface area contributed by atoms with E-state index in [1.807, 2.05) is 37.3 Å². The van der Waals surface area contributed by atoms with Crippen LogP contribution in [0.2, 0.25) is 0 Å². The molecule has 100 valence electrons. The van der Waals surface area contributed by atoms with Crippen LogP contribution in [-0.4, -0.2) is 18.7 Å². The van der Waals surface area contributed by atoms with E-state index >= 15 is 0 Å². The summed E-state index contributed by atoms with van der Waals surface area (Å²) in [4.78, 5) is 4.41. The van der Waals surface area contributed by atoms with Crippen LogP contribution in [0.3, 0.4) is 0 Å². The minimum Gasteiger partial charge on any atom is -0.497 e. The molecule has 4 nitrogen and oxygen atoms in total. The van der Waals surface area contributed by atoms with Crippen LogP contribution in [0, 0.1) is 0 Å². The molecule has 0 aliphatic heterocycles. The Kier molecular flexibility index (Phi) is 4.36. The molecule has 1 aromatic carbocycles. The van der Waals surface area contributed by atoms with Crippen molar-refractivity contribution in [2.75, 3.05) is 13.7 Å². The first-order valence-corrected chi connectivity index (χ1v) is 6.24. The molecule has 0 atom stereocenters. The van der Waals surface area contributed by atoms with Crippen LogP contribution in [-0.2, 0) is 6.54 Å². The Hall–Kier alpha value is -2.07. The molecule has 0 spiro atoms. The van der Waals surface area contributed by atoms with Gasteiger partial charge in [-0.1, -0.05) is 0 Å². The predicted octanol–water partition coefficient (Wildman–Crippen LogP) is 2.61. The van der Waals surface area contributed by atoms with Gasteiger partial charge in [0.2, 0.25) is 0 Å². The molecule has 2 rings (SSSR count). The van der Waals surface area contributed by atoms with Gasteiger partial charge in [0.05, 0.1) is 25.6 Å². The quantitative estimate of drug-likeness (QED) is 0.895. The third kappa shape index (κ3) is 3.03. The number of aromatic nitrogens is 1. The number of hydrogen-bond acceptors (Lipinski definition) is 4. The molecule has 1 heterocycles. The highest BCUT2D eigenvalue weighted by Gasteiger charge is 2.06. The average molecular weight is 258 g/mol. The summed E-state index contributed by atoms with van der Waals surface area (Å²) in [5.74, 6) is 1.58. The van der Waals surface area contributed by atoms with Gasteiger partial charge in [0.25, 0.3) is 0 Å². The first kappa shape index (κ1) is 13.4. The zero-order valence-electron chi connectivity index (χ0n) is 11.2. The zero-order valence-corrected chi connectivity index (χ0v) is 11.2. The van der Waals surface area contributed by atoms with Gasteiger partial charge in [0.1, 0.15) is 11.5 Å². The first-order chi connectivity index (χ1) is 9.28. The van der Waals surface area contributed by atoms with Gasteiger partial charge in [-0.15, -0.1) is 0 Å². The van der Waals surface area contributed by atoms with E-state index in [-0.39, 0.29) is 0 Å². The lowest BCUT2D eigenvalue weighted by atomic mass is 10.1. The highest BCUT2D eigenvalue weighted by atomic mass is 16.5. The summed E-state index contributed by atoms with van der Waals surface area (Å²) in [7, 11) is 1.65. The van der Waals surface area contributed by atoms with Crippen molar-refractivity contribution in [3.63, 3.8) is 0 Å². The molecule has 0 bridgehead atoms. The zero-order chi connectivity index (χ0) is 13.7. The van der Waals surface area contributed by atoms with Crippen LogP contribution in [0.1, 0.15) is 12.5 Å². The number of pyridine rings is 1. The summed E-state index contributed by atoms with van der Waals surface area (Å²) in [6.45, 7) is 2.98. The SMILES string of the molecule is CCOc1cnc(-c2ccc(OC)cc2)cc1CN. The molecular weight excluding hydrogens is 240 g/mol. The smallest absolute Gasteiger partial charge is 0.142 e. The van der Waals surface area contributed by atoms with Crippen molar-refractivity contribution >= 4 is 0 Å². The minimum absolute atomic E-state index is 0.432. The second-order valence-corrected chi connectivity index (χ2v) is 4.04. The number of nitrogens with zero attached hydrogens (tertiary/aromatic N) is 1. The fourth-order valence-corrected chi connectivity index (χ4v) is 1.85. The van der Waals surface area contributed by atoms with Crippen LogP contribution in [0.4, 0.5) is 0 Å². The average Bonchev–Trinajstić information content (AvgIpc) is 2.48. The maximum absolute atomic E-state index is 5.75. The van der Waals surface area contributed by atoms with Gasteiger partial charge in [-0.05, 0) is 37.3 Å². The van der Waals surface area contributed by atoms with Crippen molar-refractivity contribution in [2.45, 2.75) is 13.5 Å². The van der Waals surface area contributed by atoms with E-state index in [1.165, 1.54) is 0 Å². The lowest BCUT2D eigenvalue weighted by molar-refractivity contribution is 0.335. The molecule has 0 saturated carbocycles. The Labute approximate surface area is 113 Å². The number of nitrogens with two attached hydrogens (primary N) is 1. The number of ether oxygens (including phenoxy) is 2.